The first kappa shape index (κ1) is 17.4. The maximum atomic E-state index is 13.6. The molecule has 7 heteroatoms. The Bertz CT molecular complexity index is 781. The molecule has 0 aliphatic carbocycles. The molecule has 0 spiro atoms. The molecule has 0 bridgehead atoms. The van der Waals surface area contributed by atoms with Crippen LogP contribution in [0.4, 0.5) is 10.1 Å². The van der Waals surface area contributed by atoms with Gasteiger partial charge in [0.1, 0.15) is 11.5 Å². The second kappa shape index (κ2) is 7.65. The maximum Gasteiger partial charge on any atom is 0.356 e. The SMILES string of the molecule is CCOC(=O)c1[nH]c2ccc(F)cc2c1NC(=O)CN1CCCCC1. The fourth-order valence-corrected chi connectivity index (χ4v) is 3.15. The number of rotatable bonds is 5. The van der Waals surface area contributed by atoms with Gasteiger partial charge in [-0.2, -0.15) is 0 Å². The summed E-state index contributed by atoms with van der Waals surface area (Å²) in [5, 5.41) is 3.22. The third-order valence-corrected chi connectivity index (χ3v) is 4.32. The van der Waals surface area contributed by atoms with Crippen molar-refractivity contribution in [2.45, 2.75) is 26.2 Å². The van der Waals surface area contributed by atoms with Crippen LogP contribution in [0.2, 0.25) is 0 Å². The fraction of sp³-hybridized carbons (Fsp3) is 0.444. The average molecular weight is 347 g/mol. The highest BCUT2D eigenvalue weighted by molar-refractivity contribution is 6.11. The molecule has 1 aliphatic heterocycles. The highest BCUT2D eigenvalue weighted by atomic mass is 19.1. The van der Waals surface area contributed by atoms with Gasteiger partial charge in [0.25, 0.3) is 0 Å². The first-order chi connectivity index (χ1) is 12.1. The van der Waals surface area contributed by atoms with Gasteiger partial charge < -0.3 is 15.0 Å². The second-order valence-electron chi connectivity index (χ2n) is 6.17. The minimum atomic E-state index is -0.576. The summed E-state index contributed by atoms with van der Waals surface area (Å²) in [5.41, 5.74) is 0.974. The summed E-state index contributed by atoms with van der Waals surface area (Å²) in [6.07, 6.45) is 3.35. The average Bonchev–Trinajstić information content (AvgIpc) is 2.94. The van der Waals surface area contributed by atoms with Gasteiger partial charge in [0.05, 0.1) is 18.8 Å². The quantitative estimate of drug-likeness (QED) is 0.816. The molecule has 25 heavy (non-hydrogen) atoms. The number of H-pyrrole nitrogens is 1. The number of nitrogens with zero attached hydrogens (tertiary/aromatic N) is 1. The van der Waals surface area contributed by atoms with Crippen LogP contribution < -0.4 is 5.32 Å². The summed E-state index contributed by atoms with van der Waals surface area (Å²) in [7, 11) is 0. The Morgan fingerprint density at radius 1 is 1.28 bits per heavy atom. The van der Waals surface area contributed by atoms with Gasteiger partial charge in [-0.05, 0) is 51.1 Å². The minimum Gasteiger partial charge on any atom is -0.461 e. The van der Waals surface area contributed by atoms with Crippen LogP contribution >= 0.6 is 0 Å². The number of likely N-dealkylation sites (tertiary alicyclic amines) is 1. The molecule has 2 N–H and O–H groups in total. The van der Waals surface area contributed by atoms with Crippen molar-refractivity contribution >= 4 is 28.5 Å². The zero-order valence-corrected chi connectivity index (χ0v) is 14.2. The van der Waals surface area contributed by atoms with Crippen LogP contribution in [0.25, 0.3) is 10.9 Å². The molecule has 1 amide bonds. The van der Waals surface area contributed by atoms with Crippen LogP contribution in [0.3, 0.4) is 0 Å². The number of hydrogen-bond acceptors (Lipinski definition) is 4. The summed E-state index contributed by atoms with van der Waals surface area (Å²) in [5.74, 6) is -1.24. The molecular weight excluding hydrogens is 325 g/mol. The number of halogens is 1. The first-order valence-electron chi connectivity index (χ1n) is 8.59. The van der Waals surface area contributed by atoms with Gasteiger partial charge in [-0.25, -0.2) is 9.18 Å². The standard InChI is InChI=1S/C18H22FN3O3/c1-2-25-18(24)17-16(13-10-12(19)6-7-14(13)20-17)21-15(23)11-22-8-4-3-5-9-22/h6-7,10,20H,2-5,8-9,11H2,1H3,(H,21,23). The van der Waals surface area contributed by atoms with Crippen molar-refractivity contribution in [1.29, 1.82) is 0 Å². The molecule has 0 saturated carbocycles. The van der Waals surface area contributed by atoms with E-state index in [4.69, 9.17) is 4.74 Å². The molecular formula is C18H22FN3O3. The second-order valence-corrected chi connectivity index (χ2v) is 6.17. The van der Waals surface area contributed by atoms with Crippen LogP contribution in [-0.4, -0.2) is 48.0 Å². The molecule has 1 fully saturated rings. The largest absolute Gasteiger partial charge is 0.461 e. The molecule has 0 unspecified atom stereocenters. The zero-order valence-electron chi connectivity index (χ0n) is 14.2. The van der Waals surface area contributed by atoms with Crippen molar-refractivity contribution in [3.8, 4) is 0 Å². The third-order valence-electron chi connectivity index (χ3n) is 4.32. The number of benzene rings is 1. The summed E-state index contributed by atoms with van der Waals surface area (Å²) in [6.45, 7) is 3.95. The molecule has 2 aromatic rings. The van der Waals surface area contributed by atoms with Crippen molar-refractivity contribution in [2.75, 3.05) is 31.6 Å². The van der Waals surface area contributed by atoms with Crippen molar-refractivity contribution in [2.24, 2.45) is 0 Å². The fourth-order valence-electron chi connectivity index (χ4n) is 3.15. The number of carbonyl (C=O) groups excluding carboxylic acids is 2. The Kier molecular flexibility index (Phi) is 5.33. The molecule has 6 nitrogen and oxygen atoms in total. The van der Waals surface area contributed by atoms with E-state index < -0.39 is 11.8 Å². The lowest BCUT2D eigenvalue weighted by Crippen LogP contribution is -2.37. The Morgan fingerprint density at radius 3 is 2.76 bits per heavy atom. The van der Waals surface area contributed by atoms with Gasteiger partial charge in [-0.15, -0.1) is 0 Å². The number of esters is 1. The normalized spacial score (nSPS) is 15.3. The van der Waals surface area contributed by atoms with E-state index in [1.165, 1.54) is 24.6 Å². The van der Waals surface area contributed by atoms with E-state index in [2.05, 4.69) is 15.2 Å². The van der Waals surface area contributed by atoms with E-state index in [-0.39, 0.29) is 30.4 Å². The lowest BCUT2D eigenvalue weighted by molar-refractivity contribution is -0.117. The molecule has 1 saturated heterocycles. The topological polar surface area (TPSA) is 74.4 Å². The lowest BCUT2D eigenvalue weighted by atomic mass is 10.1. The van der Waals surface area contributed by atoms with Crippen molar-refractivity contribution in [3.63, 3.8) is 0 Å². The van der Waals surface area contributed by atoms with Crippen LogP contribution in [0.1, 0.15) is 36.7 Å². The van der Waals surface area contributed by atoms with E-state index in [9.17, 15) is 14.0 Å². The number of aromatic nitrogens is 1. The van der Waals surface area contributed by atoms with E-state index in [0.717, 1.165) is 25.9 Å². The smallest absolute Gasteiger partial charge is 0.356 e. The Hall–Kier alpha value is -2.41. The molecule has 0 radical (unpaired) electrons. The molecule has 2 heterocycles. The first-order valence-corrected chi connectivity index (χ1v) is 8.59. The van der Waals surface area contributed by atoms with Crippen LogP contribution in [-0.2, 0) is 9.53 Å². The molecule has 3 rings (SSSR count). The highest BCUT2D eigenvalue weighted by Crippen LogP contribution is 2.29. The number of aromatic amines is 1. The predicted molar refractivity (Wildman–Crippen MR) is 93.1 cm³/mol. The number of nitrogens with one attached hydrogen (secondary N) is 2. The number of amides is 1. The van der Waals surface area contributed by atoms with E-state index in [1.807, 2.05) is 0 Å². The van der Waals surface area contributed by atoms with Gasteiger partial charge in [-0.3, -0.25) is 9.69 Å². The number of anilines is 1. The Morgan fingerprint density at radius 2 is 2.04 bits per heavy atom. The van der Waals surface area contributed by atoms with Crippen LogP contribution in [0, 0.1) is 5.82 Å². The number of ether oxygens (including phenoxy) is 1. The summed E-state index contributed by atoms with van der Waals surface area (Å²) in [6, 6.07) is 4.13. The summed E-state index contributed by atoms with van der Waals surface area (Å²) < 4.78 is 18.7. The Labute approximate surface area is 145 Å². The zero-order chi connectivity index (χ0) is 17.8. The van der Waals surface area contributed by atoms with Crippen LogP contribution in [0.15, 0.2) is 18.2 Å². The van der Waals surface area contributed by atoms with Gasteiger partial charge in [0, 0.05) is 10.9 Å². The van der Waals surface area contributed by atoms with E-state index in [1.54, 1.807) is 6.92 Å². The lowest BCUT2D eigenvalue weighted by Gasteiger charge is -2.25. The Balaban J connectivity index is 1.86. The number of hydrogen-bond donors (Lipinski definition) is 2. The third kappa shape index (κ3) is 3.99. The summed E-state index contributed by atoms with van der Waals surface area (Å²) in [4.78, 5) is 29.6. The highest BCUT2D eigenvalue weighted by Gasteiger charge is 2.22. The van der Waals surface area contributed by atoms with Gasteiger partial charge >= 0.3 is 5.97 Å². The maximum absolute atomic E-state index is 13.6. The molecule has 134 valence electrons. The van der Waals surface area contributed by atoms with Gasteiger partial charge in [-0.1, -0.05) is 6.42 Å². The molecule has 1 aliphatic rings. The van der Waals surface area contributed by atoms with Gasteiger partial charge in [0.15, 0.2) is 0 Å². The van der Waals surface area contributed by atoms with Crippen molar-refractivity contribution in [3.05, 3.63) is 29.7 Å². The summed E-state index contributed by atoms with van der Waals surface area (Å²) >= 11 is 0. The van der Waals surface area contributed by atoms with Gasteiger partial charge in [0.2, 0.25) is 5.91 Å². The van der Waals surface area contributed by atoms with Crippen molar-refractivity contribution in [1.82, 2.24) is 9.88 Å². The van der Waals surface area contributed by atoms with Crippen molar-refractivity contribution < 1.29 is 18.7 Å². The predicted octanol–water partition coefficient (Wildman–Crippen LogP) is 2.91. The van der Waals surface area contributed by atoms with E-state index >= 15 is 0 Å². The number of piperidine rings is 1. The molecule has 1 aromatic carbocycles. The number of carbonyl (C=O) groups is 2. The minimum absolute atomic E-state index is 0.134. The van der Waals surface area contributed by atoms with E-state index in [0.29, 0.717) is 10.9 Å². The monoisotopic (exact) mass is 347 g/mol. The number of fused-ring (bicyclic) bond motifs is 1. The molecule has 1 aromatic heterocycles. The molecule has 0 atom stereocenters. The van der Waals surface area contributed by atoms with Crippen LogP contribution in [0.5, 0.6) is 0 Å².